The second-order valence-corrected chi connectivity index (χ2v) is 15.2. The number of benzene rings is 10. The molecule has 0 saturated carbocycles. The molecule has 0 amide bonds. The molecule has 0 spiro atoms. The summed E-state index contributed by atoms with van der Waals surface area (Å²) >= 11 is 0. The van der Waals surface area contributed by atoms with Crippen LogP contribution in [0, 0.1) is 0 Å². The Labute approximate surface area is 349 Å². The molecule has 0 atom stereocenters. The van der Waals surface area contributed by atoms with Gasteiger partial charge in [0.25, 0.3) is 0 Å². The number of furan rings is 1. The Kier molecular flexibility index (Phi) is 8.87. The molecule has 11 rings (SSSR count). The van der Waals surface area contributed by atoms with E-state index in [0.717, 1.165) is 55.7 Å². The lowest BCUT2D eigenvalue weighted by molar-refractivity contribution is 0.670. The van der Waals surface area contributed by atoms with Crippen molar-refractivity contribution in [2.75, 3.05) is 4.90 Å². The van der Waals surface area contributed by atoms with Gasteiger partial charge in [-0.25, -0.2) is 0 Å². The predicted molar refractivity (Wildman–Crippen MR) is 253 cm³/mol. The molecule has 60 heavy (non-hydrogen) atoms. The van der Waals surface area contributed by atoms with Crippen molar-refractivity contribution in [3.8, 4) is 55.6 Å². The maximum absolute atomic E-state index is 6.46. The highest BCUT2D eigenvalue weighted by Gasteiger charge is 2.21. The van der Waals surface area contributed by atoms with Gasteiger partial charge in [-0.15, -0.1) is 0 Å². The molecule has 11 aromatic rings. The van der Waals surface area contributed by atoms with Gasteiger partial charge in [0.15, 0.2) is 0 Å². The highest BCUT2D eigenvalue weighted by atomic mass is 16.3. The first-order chi connectivity index (χ1) is 29.8. The molecule has 1 heterocycles. The predicted octanol–water partition coefficient (Wildman–Crippen LogP) is 16.5. The van der Waals surface area contributed by atoms with E-state index in [1.165, 1.54) is 49.7 Å². The van der Waals surface area contributed by atoms with E-state index < -0.39 is 0 Å². The highest BCUT2D eigenvalue weighted by Crippen LogP contribution is 2.46. The molecule has 2 nitrogen and oxygen atoms in total. The summed E-state index contributed by atoms with van der Waals surface area (Å²) in [5.41, 5.74) is 16.7. The molecule has 282 valence electrons. The Morgan fingerprint density at radius 3 is 1.53 bits per heavy atom. The molecule has 0 bridgehead atoms. The van der Waals surface area contributed by atoms with Crippen molar-refractivity contribution in [1.82, 2.24) is 0 Å². The van der Waals surface area contributed by atoms with Crippen molar-refractivity contribution in [2.24, 2.45) is 0 Å². The molecule has 0 saturated heterocycles. The zero-order chi connectivity index (χ0) is 39.8. The smallest absolute Gasteiger partial charge is 0.143 e. The van der Waals surface area contributed by atoms with Gasteiger partial charge in [-0.05, 0) is 97.7 Å². The molecule has 10 aromatic carbocycles. The summed E-state index contributed by atoms with van der Waals surface area (Å²) in [6, 6.07) is 84.9. The van der Waals surface area contributed by atoms with Gasteiger partial charge in [0.05, 0.1) is 5.69 Å². The molecule has 0 radical (unpaired) electrons. The zero-order valence-electron chi connectivity index (χ0n) is 32.9. The van der Waals surface area contributed by atoms with Gasteiger partial charge in [0.2, 0.25) is 0 Å². The van der Waals surface area contributed by atoms with Crippen LogP contribution in [0.5, 0.6) is 0 Å². The topological polar surface area (TPSA) is 16.4 Å². The molecule has 0 aliphatic heterocycles. The molecule has 0 aliphatic rings. The van der Waals surface area contributed by atoms with Crippen LogP contribution in [-0.4, -0.2) is 0 Å². The minimum atomic E-state index is 0.901. The van der Waals surface area contributed by atoms with E-state index in [2.05, 4.69) is 229 Å². The van der Waals surface area contributed by atoms with Gasteiger partial charge in [0, 0.05) is 33.3 Å². The summed E-state index contributed by atoms with van der Waals surface area (Å²) in [6.45, 7) is 0. The van der Waals surface area contributed by atoms with Crippen LogP contribution >= 0.6 is 0 Å². The number of hydrogen-bond donors (Lipinski definition) is 0. The third kappa shape index (κ3) is 6.32. The van der Waals surface area contributed by atoms with Gasteiger partial charge >= 0.3 is 0 Å². The van der Waals surface area contributed by atoms with E-state index in [1.807, 2.05) is 12.1 Å². The van der Waals surface area contributed by atoms with Gasteiger partial charge in [0.1, 0.15) is 11.2 Å². The maximum Gasteiger partial charge on any atom is 0.143 e. The van der Waals surface area contributed by atoms with E-state index in [-0.39, 0.29) is 0 Å². The van der Waals surface area contributed by atoms with Crippen molar-refractivity contribution in [3.05, 3.63) is 237 Å². The molecular weight excluding hydrogens is 727 g/mol. The molecule has 0 aliphatic carbocycles. The van der Waals surface area contributed by atoms with E-state index in [9.17, 15) is 0 Å². The number of nitrogens with zero attached hydrogens (tertiary/aromatic N) is 1. The van der Waals surface area contributed by atoms with Crippen molar-refractivity contribution < 1.29 is 4.42 Å². The van der Waals surface area contributed by atoms with Gasteiger partial charge in [-0.1, -0.05) is 194 Å². The van der Waals surface area contributed by atoms with Crippen LogP contribution in [0.1, 0.15) is 0 Å². The number of hydrogen-bond acceptors (Lipinski definition) is 2. The van der Waals surface area contributed by atoms with Crippen LogP contribution in [-0.2, 0) is 0 Å². The summed E-state index contributed by atoms with van der Waals surface area (Å²) in [7, 11) is 0. The van der Waals surface area contributed by atoms with Crippen LogP contribution in [0.3, 0.4) is 0 Å². The molecule has 0 N–H and O–H groups in total. The van der Waals surface area contributed by atoms with Gasteiger partial charge in [-0.2, -0.15) is 0 Å². The highest BCUT2D eigenvalue weighted by molar-refractivity contribution is 6.09. The second kappa shape index (κ2) is 15.1. The molecule has 2 heteroatoms. The first-order valence-corrected chi connectivity index (χ1v) is 20.5. The quantitative estimate of drug-likeness (QED) is 0.153. The molecule has 0 fully saturated rings. The number of anilines is 3. The fourth-order valence-corrected chi connectivity index (χ4v) is 8.80. The third-order valence-corrected chi connectivity index (χ3v) is 11.7. The molecule has 0 unspecified atom stereocenters. The average molecular weight is 766 g/mol. The maximum atomic E-state index is 6.46. The fourth-order valence-electron chi connectivity index (χ4n) is 8.80. The van der Waals surface area contributed by atoms with Crippen molar-refractivity contribution >= 4 is 49.8 Å². The van der Waals surface area contributed by atoms with Crippen LogP contribution in [0.2, 0.25) is 0 Å². The summed E-state index contributed by atoms with van der Waals surface area (Å²) in [4.78, 5) is 2.39. The minimum absolute atomic E-state index is 0.901. The first kappa shape index (κ1) is 35.2. The van der Waals surface area contributed by atoms with Gasteiger partial charge in [-0.3, -0.25) is 0 Å². The Morgan fingerprint density at radius 2 is 0.783 bits per heavy atom. The Hall–Kier alpha value is -7.94. The first-order valence-electron chi connectivity index (χ1n) is 20.5. The van der Waals surface area contributed by atoms with E-state index in [0.29, 0.717) is 0 Å². The fraction of sp³-hybridized carbons (Fsp3) is 0. The lowest BCUT2D eigenvalue weighted by Gasteiger charge is -2.29. The van der Waals surface area contributed by atoms with E-state index in [4.69, 9.17) is 4.42 Å². The standard InChI is InChI=1S/C58H39NO/c1-2-16-42(17-3-1)48-19-6-7-20-50(48)51-21-8-9-22-52(51)53-23-10-12-27-56(53)59(46-35-31-41(32-36-46)45-30-29-40-15-4-5-18-44(40)39-45)47-37-33-43(34-38-47)49-25-14-26-55-54-24-11-13-28-57(54)60-58(49)55/h1-39H. The monoisotopic (exact) mass is 765 g/mol. The minimum Gasteiger partial charge on any atom is -0.455 e. The Balaban J connectivity index is 1.06. The summed E-state index contributed by atoms with van der Waals surface area (Å²) in [5, 5.41) is 4.74. The summed E-state index contributed by atoms with van der Waals surface area (Å²) < 4.78 is 6.46. The van der Waals surface area contributed by atoms with Crippen LogP contribution in [0.4, 0.5) is 17.1 Å². The largest absolute Gasteiger partial charge is 0.455 e. The summed E-state index contributed by atoms with van der Waals surface area (Å²) in [5.74, 6) is 0. The molecular formula is C58H39NO. The Morgan fingerprint density at radius 1 is 0.283 bits per heavy atom. The Bertz CT molecular complexity index is 3310. The number of para-hydroxylation sites is 3. The molecule has 1 aromatic heterocycles. The summed E-state index contributed by atoms with van der Waals surface area (Å²) in [6.07, 6.45) is 0. The van der Waals surface area contributed by atoms with E-state index in [1.54, 1.807) is 0 Å². The lowest BCUT2D eigenvalue weighted by Crippen LogP contribution is -2.11. The normalized spacial score (nSPS) is 11.3. The van der Waals surface area contributed by atoms with Crippen molar-refractivity contribution in [1.29, 1.82) is 0 Å². The van der Waals surface area contributed by atoms with Crippen molar-refractivity contribution in [2.45, 2.75) is 0 Å². The van der Waals surface area contributed by atoms with Crippen LogP contribution < -0.4 is 4.90 Å². The average Bonchev–Trinajstić information content (AvgIpc) is 3.72. The van der Waals surface area contributed by atoms with Gasteiger partial charge < -0.3 is 9.32 Å². The number of fused-ring (bicyclic) bond motifs is 4. The lowest BCUT2D eigenvalue weighted by atomic mass is 9.88. The second-order valence-electron chi connectivity index (χ2n) is 15.2. The van der Waals surface area contributed by atoms with E-state index >= 15 is 0 Å². The van der Waals surface area contributed by atoms with Crippen LogP contribution in [0.25, 0.3) is 88.3 Å². The zero-order valence-corrected chi connectivity index (χ0v) is 32.9. The number of rotatable bonds is 8. The van der Waals surface area contributed by atoms with Crippen molar-refractivity contribution in [3.63, 3.8) is 0 Å². The SMILES string of the molecule is c1ccc(-c2ccccc2-c2ccccc2-c2ccccc2N(c2ccc(-c3ccc4ccccc4c3)cc2)c2ccc(-c3cccc4c3oc3ccccc34)cc2)cc1. The third-order valence-electron chi connectivity index (χ3n) is 11.7. The van der Waals surface area contributed by atoms with Crippen LogP contribution in [0.15, 0.2) is 241 Å².